The third-order valence-electron chi connectivity index (χ3n) is 18.7. The molecule has 0 spiro atoms. The maximum absolute atomic E-state index is 12.6. The number of aryl methyl sites for hydroxylation is 6. The second kappa shape index (κ2) is 50.8. The Morgan fingerprint density at radius 3 is 1.19 bits per heavy atom. The van der Waals surface area contributed by atoms with E-state index in [9.17, 15) is 19.8 Å². The number of nitrogens with one attached hydrogen (secondary N) is 2. The molecule has 0 aliphatic heterocycles. The fraction of sp³-hybridized carbons (Fsp3) is 0.370. The zero-order chi connectivity index (χ0) is 91.7. The fourth-order valence-corrected chi connectivity index (χ4v) is 13.5. The Morgan fingerprint density at radius 1 is 0.480 bits per heavy atom. The zero-order valence-corrected chi connectivity index (χ0v) is 71.8. The molecule has 123 heavy (non-hydrogen) atoms. The van der Waals surface area contributed by atoms with Crippen LogP contribution in [0.5, 0.6) is 34.5 Å². The first-order valence-electron chi connectivity index (χ1n) is 39.5. The molecule has 0 saturated heterocycles. The Hall–Kier alpha value is -14.0. The Morgan fingerprint density at radius 2 is 0.829 bits per heavy atom. The largest absolute Gasteiger partial charge is 0.508 e. The lowest BCUT2D eigenvalue weighted by Gasteiger charge is -2.35. The summed E-state index contributed by atoms with van der Waals surface area (Å²) in [7, 11) is 0. The van der Waals surface area contributed by atoms with Crippen molar-refractivity contribution in [2.24, 2.45) is 17.3 Å². The molecule has 13 rings (SSSR count). The van der Waals surface area contributed by atoms with E-state index in [2.05, 4.69) is 49.4 Å². The number of amides is 2. The summed E-state index contributed by atoms with van der Waals surface area (Å²) in [4.78, 5) is 128. The van der Waals surface area contributed by atoms with Gasteiger partial charge in [0.05, 0.1) is 92.1 Å². The smallest absolute Gasteiger partial charge is 0.373 e. The number of pyridine rings is 5. The maximum Gasteiger partial charge on any atom is 0.373 e. The predicted molar refractivity (Wildman–Crippen MR) is 463 cm³/mol. The van der Waals surface area contributed by atoms with Crippen LogP contribution in [0.1, 0.15) is 158 Å². The number of nitrogen functional groups attached to an aromatic ring is 5. The van der Waals surface area contributed by atoms with Crippen LogP contribution < -0.4 is 63.0 Å². The molecule has 2 aliphatic carbocycles. The molecular formula is C92H110N12O19. The number of benzene rings is 6. The van der Waals surface area contributed by atoms with Gasteiger partial charge in [-0.3, -0.25) is 34.5 Å². The van der Waals surface area contributed by atoms with Crippen molar-refractivity contribution in [3.05, 3.63) is 179 Å². The number of nitrogens with two attached hydrogens (primary N) is 5. The second-order valence-electron chi connectivity index (χ2n) is 30.7. The van der Waals surface area contributed by atoms with Crippen molar-refractivity contribution >= 4 is 126 Å². The standard InChI is InChI=1S/C22H25N3O3.C20H27N3O2.C18H24N2O2.C14H18N2O.C13H16N2O.5CO2/c1-13-8-15(11-16(26)9-13)21(27)25-22(3,4)12-28-19-7-5-6-18-20(19)17(23)10-14(2)24-18;1-12(2)20(24)23-14-7-9-15(10-8-14)25-18-6-4-5-17-19(18)16(21)11-13(3)22-17;1-13-10-14(19)17-15(20-13)6-5-7-16(17)22-12-18(11-21)8-3-2-4-9-18;1-9(2)8-17-13-6-4-5-12-14(13)11(15)7-10(3)16-12;1-8(2)16-12-6-4-5-11-13(12)10(14)7-9(3)15-11;5*2-1-3/h5-11,26H,12H2,1-4H3,(H2,23,24)(H,25,27);4-6,11-12,14-15H,7-10H2,1-3H3,(H2,21,22)(H,23,24);5-7,10,21H,2-4,8-9,11-12H2,1H3,(H2,19,20);4-7,9H,8H2,1-3H3,(H2,15,16);4-8H,1-3H3,(H2,14,15);;;;;. The van der Waals surface area contributed by atoms with Crippen molar-refractivity contribution in [2.45, 2.75) is 179 Å². The lowest BCUT2D eigenvalue weighted by atomic mass is 9.75. The van der Waals surface area contributed by atoms with Crippen LogP contribution in [0.15, 0.2) is 140 Å². The number of aromatic hydroxyl groups is 1. The molecule has 0 unspecified atom stereocenters. The average Bonchev–Trinajstić information content (AvgIpc) is 0.792. The summed E-state index contributed by atoms with van der Waals surface area (Å²) >= 11 is 0. The van der Waals surface area contributed by atoms with Crippen LogP contribution in [0.2, 0.25) is 0 Å². The van der Waals surface area contributed by atoms with Crippen LogP contribution in [-0.2, 0) is 52.7 Å². The molecule has 14 N–H and O–H groups in total. The summed E-state index contributed by atoms with van der Waals surface area (Å²) in [5.41, 5.74) is 43.3. The molecule has 6 aromatic carbocycles. The molecule has 2 amide bonds. The monoisotopic (exact) mass is 1690 g/mol. The maximum atomic E-state index is 12.6. The number of anilines is 5. The minimum Gasteiger partial charge on any atom is -0.508 e. The first-order chi connectivity index (χ1) is 58.4. The number of aromatic nitrogens is 5. The Kier molecular flexibility index (Phi) is 41.8. The van der Waals surface area contributed by atoms with E-state index in [4.69, 9.17) is 100 Å². The molecule has 5 aromatic heterocycles. The highest BCUT2D eigenvalue weighted by Crippen LogP contribution is 2.40. The highest BCUT2D eigenvalue weighted by molar-refractivity contribution is 5.99. The third-order valence-corrected chi connectivity index (χ3v) is 18.7. The number of aliphatic hydroxyl groups excluding tert-OH is 1. The average molecular weight is 1690 g/mol. The molecule has 5 heterocycles. The van der Waals surface area contributed by atoms with Crippen LogP contribution in [0.4, 0.5) is 28.4 Å². The second-order valence-corrected chi connectivity index (χ2v) is 30.7. The van der Waals surface area contributed by atoms with Crippen LogP contribution in [-0.4, -0.2) is 128 Å². The fourth-order valence-electron chi connectivity index (χ4n) is 13.5. The van der Waals surface area contributed by atoms with E-state index in [1.54, 1.807) is 12.1 Å². The summed E-state index contributed by atoms with van der Waals surface area (Å²) in [6.07, 6.45) is 10.9. The molecular weight excluding hydrogens is 1580 g/mol. The number of ether oxygens (including phenoxy) is 5. The normalized spacial score (nSPS) is 13.2. The van der Waals surface area contributed by atoms with Crippen LogP contribution in [0.3, 0.4) is 0 Å². The van der Waals surface area contributed by atoms with Crippen molar-refractivity contribution < 1.29 is 91.4 Å². The SMILES string of the molecule is Cc1cc(N)c2c(OC(C)C)cccc2n1.Cc1cc(N)c2c(OC3CCC(NC(=O)C(C)C)CC3)cccc2n1.Cc1cc(N)c2c(OCC(C)C)cccc2n1.Cc1cc(N)c2c(OCC3(CO)CCCCC3)cccc2n1.Cc1cc(O)cc(C(=O)NC(C)(C)COc2cccc3nc(C)cc(N)c23)c1.O=C=O.O=C=O.O=C=O.O=C=O.O=C=O. The first kappa shape index (κ1) is 101. The zero-order valence-electron chi connectivity index (χ0n) is 71.8. The Balaban J connectivity index is 0.000000313. The van der Waals surface area contributed by atoms with Gasteiger partial charge in [-0.25, -0.2) is 0 Å². The molecule has 31 nitrogen and oxygen atoms in total. The molecule has 0 radical (unpaired) electrons. The molecule has 0 atom stereocenters. The van der Waals surface area contributed by atoms with Crippen molar-refractivity contribution in [3.8, 4) is 34.5 Å². The minimum absolute atomic E-state index is 0.0311. The minimum atomic E-state index is -0.647. The van der Waals surface area contributed by atoms with Gasteiger partial charge in [-0.1, -0.05) is 77.3 Å². The number of hydrogen-bond donors (Lipinski definition) is 9. The molecule has 31 heteroatoms. The van der Waals surface area contributed by atoms with Gasteiger partial charge in [0, 0.05) is 79.8 Å². The summed E-state index contributed by atoms with van der Waals surface area (Å²) in [6, 6.07) is 43.3. The summed E-state index contributed by atoms with van der Waals surface area (Å²) in [6.45, 7) is 28.9. The number of nitrogens with zero attached hydrogens (tertiary/aromatic N) is 5. The van der Waals surface area contributed by atoms with Gasteiger partial charge in [0.2, 0.25) is 5.91 Å². The summed E-state index contributed by atoms with van der Waals surface area (Å²) in [5.74, 6) is 4.26. The van der Waals surface area contributed by atoms with E-state index in [0.29, 0.717) is 47.5 Å². The van der Waals surface area contributed by atoms with Gasteiger partial charge in [-0.15, -0.1) is 0 Å². The van der Waals surface area contributed by atoms with E-state index < -0.39 is 5.54 Å². The number of rotatable bonds is 18. The van der Waals surface area contributed by atoms with E-state index in [1.807, 2.05) is 204 Å². The molecule has 2 saturated carbocycles. The van der Waals surface area contributed by atoms with E-state index in [1.165, 1.54) is 25.3 Å². The number of carbonyl (C=O) groups excluding carboxylic acids is 12. The van der Waals surface area contributed by atoms with E-state index in [0.717, 1.165) is 161 Å². The number of hydrogen-bond acceptors (Lipinski definition) is 29. The highest BCUT2D eigenvalue weighted by Gasteiger charge is 2.33. The number of fused-ring (bicyclic) bond motifs is 5. The van der Waals surface area contributed by atoms with Crippen molar-refractivity contribution in [2.75, 3.05) is 55.1 Å². The molecule has 2 aliphatic rings. The van der Waals surface area contributed by atoms with Crippen molar-refractivity contribution in [1.29, 1.82) is 0 Å². The van der Waals surface area contributed by atoms with Gasteiger partial charge >= 0.3 is 30.8 Å². The molecule has 11 aromatic rings. The van der Waals surface area contributed by atoms with Crippen LogP contribution >= 0.6 is 0 Å². The topological polar surface area (TPSA) is 510 Å². The number of carbonyl (C=O) groups is 2. The van der Waals surface area contributed by atoms with Gasteiger partial charge < -0.3 is 73.2 Å². The Labute approximate surface area is 713 Å². The van der Waals surface area contributed by atoms with Crippen molar-refractivity contribution in [3.63, 3.8) is 0 Å². The predicted octanol–water partition coefficient (Wildman–Crippen LogP) is 13.9. The number of phenolic OH excluding ortho intramolecular Hbond substituents is 1. The van der Waals surface area contributed by atoms with E-state index >= 15 is 0 Å². The summed E-state index contributed by atoms with van der Waals surface area (Å²) < 4.78 is 29.9. The number of aliphatic hydroxyl groups is 1. The van der Waals surface area contributed by atoms with Gasteiger partial charge in [0.1, 0.15) is 41.1 Å². The first-order valence-corrected chi connectivity index (χ1v) is 39.5. The van der Waals surface area contributed by atoms with Crippen LogP contribution in [0.25, 0.3) is 54.5 Å². The quantitative estimate of drug-likeness (QED) is 0.0385. The lowest BCUT2D eigenvalue weighted by molar-refractivity contribution is -0.193. The lowest BCUT2D eigenvalue weighted by Crippen LogP contribution is -2.47. The highest BCUT2D eigenvalue weighted by atomic mass is 16.5. The van der Waals surface area contributed by atoms with Gasteiger partial charge in [-0.2, -0.15) is 47.9 Å². The van der Waals surface area contributed by atoms with Gasteiger partial charge in [-0.05, 0) is 228 Å². The molecule has 2 fully saturated rings. The molecule has 652 valence electrons. The number of phenols is 1. The van der Waals surface area contributed by atoms with Crippen molar-refractivity contribution in [1.82, 2.24) is 35.6 Å². The van der Waals surface area contributed by atoms with E-state index in [-0.39, 0.29) is 91.1 Å². The van der Waals surface area contributed by atoms with Gasteiger partial charge in [0.15, 0.2) is 0 Å². The third kappa shape index (κ3) is 32.6. The van der Waals surface area contributed by atoms with Gasteiger partial charge in [0.25, 0.3) is 5.91 Å². The van der Waals surface area contributed by atoms with Crippen LogP contribution in [0, 0.1) is 58.8 Å². The Bertz CT molecular complexity index is 5410. The summed E-state index contributed by atoms with van der Waals surface area (Å²) in [5, 5.41) is 29.9. The molecule has 0 bridgehead atoms.